The number of rotatable bonds is 8. The van der Waals surface area contributed by atoms with Crippen molar-refractivity contribution < 1.29 is 13.2 Å². The SMILES string of the molecule is CCCCNC(=O)C1(c2ccc(NS(=O)(=O)c3ccc(Br)s3)cc2)CC1. The molecule has 1 aliphatic rings. The third kappa shape index (κ3) is 4.13. The number of halogens is 1. The van der Waals surface area contributed by atoms with Crippen molar-refractivity contribution >= 4 is 48.9 Å². The van der Waals surface area contributed by atoms with Crippen molar-refractivity contribution in [1.82, 2.24) is 5.32 Å². The molecule has 2 aromatic rings. The molecule has 1 amide bonds. The molecule has 0 saturated heterocycles. The number of hydrogen-bond acceptors (Lipinski definition) is 4. The summed E-state index contributed by atoms with van der Waals surface area (Å²) in [6.45, 7) is 2.79. The van der Waals surface area contributed by atoms with Crippen LogP contribution in [0.2, 0.25) is 0 Å². The van der Waals surface area contributed by atoms with E-state index in [-0.39, 0.29) is 10.1 Å². The van der Waals surface area contributed by atoms with Gasteiger partial charge in [0.1, 0.15) is 4.21 Å². The zero-order valence-corrected chi connectivity index (χ0v) is 17.6. The molecule has 1 aliphatic carbocycles. The first-order chi connectivity index (χ1) is 12.4. The van der Waals surface area contributed by atoms with Gasteiger partial charge in [-0.2, -0.15) is 0 Å². The number of anilines is 1. The number of nitrogens with one attached hydrogen (secondary N) is 2. The van der Waals surface area contributed by atoms with Gasteiger partial charge in [-0.1, -0.05) is 25.5 Å². The Morgan fingerprint density at radius 3 is 2.42 bits per heavy atom. The number of amides is 1. The van der Waals surface area contributed by atoms with E-state index in [1.165, 1.54) is 0 Å². The molecular weight excluding hydrogens is 436 g/mol. The average Bonchev–Trinajstić information content (AvgIpc) is 3.30. The molecule has 1 fully saturated rings. The predicted octanol–water partition coefficient (Wildman–Crippen LogP) is 4.26. The lowest BCUT2D eigenvalue weighted by Crippen LogP contribution is -2.35. The Morgan fingerprint density at radius 1 is 1.19 bits per heavy atom. The Hall–Kier alpha value is -1.38. The van der Waals surface area contributed by atoms with E-state index in [2.05, 4.69) is 32.9 Å². The monoisotopic (exact) mass is 456 g/mol. The fourth-order valence-electron chi connectivity index (χ4n) is 2.82. The number of sulfonamides is 1. The fraction of sp³-hybridized carbons (Fsp3) is 0.389. The van der Waals surface area contributed by atoms with Gasteiger partial charge >= 0.3 is 0 Å². The zero-order chi connectivity index (χ0) is 18.8. The molecule has 5 nitrogen and oxygen atoms in total. The molecule has 1 saturated carbocycles. The van der Waals surface area contributed by atoms with Crippen molar-refractivity contribution in [3.8, 4) is 0 Å². The number of thiophene rings is 1. The Bertz CT molecular complexity index is 887. The van der Waals surface area contributed by atoms with Crippen molar-refractivity contribution in [1.29, 1.82) is 0 Å². The molecule has 26 heavy (non-hydrogen) atoms. The first-order valence-corrected chi connectivity index (χ1v) is 11.6. The van der Waals surface area contributed by atoms with E-state index in [9.17, 15) is 13.2 Å². The second-order valence-corrected chi connectivity index (χ2v) is 10.8. The highest BCUT2D eigenvalue weighted by atomic mass is 79.9. The normalized spacial score (nSPS) is 15.5. The predicted molar refractivity (Wildman–Crippen MR) is 108 cm³/mol. The number of unbranched alkanes of at least 4 members (excludes halogenated alkanes) is 1. The van der Waals surface area contributed by atoms with Crippen LogP contribution in [0.4, 0.5) is 5.69 Å². The largest absolute Gasteiger partial charge is 0.355 e. The van der Waals surface area contributed by atoms with E-state index in [4.69, 9.17) is 0 Å². The lowest BCUT2D eigenvalue weighted by Gasteiger charge is -2.16. The second-order valence-electron chi connectivity index (χ2n) is 6.43. The van der Waals surface area contributed by atoms with E-state index in [1.807, 2.05) is 12.1 Å². The van der Waals surface area contributed by atoms with E-state index in [1.54, 1.807) is 24.3 Å². The molecule has 0 radical (unpaired) electrons. The van der Waals surface area contributed by atoms with E-state index < -0.39 is 15.4 Å². The average molecular weight is 457 g/mol. The number of carbonyl (C=O) groups is 1. The minimum atomic E-state index is -3.60. The van der Waals surface area contributed by atoms with Crippen LogP contribution in [0.25, 0.3) is 0 Å². The van der Waals surface area contributed by atoms with E-state index in [0.717, 1.165) is 46.4 Å². The van der Waals surface area contributed by atoms with Crippen molar-refractivity contribution in [2.45, 2.75) is 42.2 Å². The Balaban J connectivity index is 1.70. The maximum absolute atomic E-state index is 12.5. The summed E-state index contributed by atoms with van der Waals surface area (Å²) < 4.78 is 28.4. The third-order valence-corrected chi connectivity index (χ3v) is 8.00. The molecule has 3 rings (SSSR count). The summed E-state index contributed by atoms with van der Waals surface area (Å²) in [6, 6.07) is 10.4. The molecule has 8 heteroatoms. The highest BCUT2D eigenvalue weighted by Gasteiger charge is 2.50. The Kier molecular flexibility index (Phi) is 5.74. The Morgan fingerprint density at radius 2 is 1.88 bits per heavy atom. The zero-order valence-electron chi connectivity index (χ0n) is 14.4. The van der Waals surface area contributed by atoms with Crippen LogP contribution in [-0.4, -0.2) is 20.9 Å². The number of carbonyl (C=O) groups excluding carboxylic acids is 1. The number of benzene rings is 1. The van der Waals surface area contributed by atoms with Gasteiger partial charge in [0, 0.05) is 12.2 Å². The second kappa shape index (κ2) is 7.70. The van der Waals surface area contributed by atoms with Gasteiger partial charge in [-0.05, 0) is 65.0 Å². The highest BCUT2D eigenvalue weighted by Crippen LogP contribution is 2.48. The van der Waals surface area contributed by atoms with Crippen molar-refractivity contribution in [2.24, 2.45) is 0 Å². The van der Waals surface area contributed by atoms with Crippen molar-refractivity contribution in [3.63, 3.8) is 0 Å². The van der Waals surface area contributed by atoms with Crippen LogP contribution in [0.15, 0.2) is 44.4 Å². The van der Waals surface area contributed by atoms with E-state index >= 15 is 0 Å². The molecule has 0 spiro atoms. The van der Waals surface area contributed by atoms with Gasteiger partial charge in [0.15, 0.2) is 0 Å². The smallest absolute Gasteiger partial charge is 0.271 e. The number of hydrogen-bond donors (Lipinski definition) is 2. The van der Waals surface area contributed by atoms with Gasteiger partial charge in [0.05, 0.1) is 9.20 Å². The lowest BCUT2D eigenvalue weighted by molar-refractivity contribution is -0.123. The van der Waals surface area contributed by atoms with Crippen LogP contribution in [0.3, 0.4) is 0 Å². The van der Waals surface area contributed by atoms with Crippen LogP contribution in [-0.2, 0) is 20.2 Å². The molecule has 1 heterocycles. The fourth-order valence-corrected chi connectivity index (χ4v) is 5.89. The lowest BCUT2D eigenvalue weighted by atomic mass is 9.94. The first-order valence-electron chi connectivity index (χ1n) is 8.54. The van der Waals surface area contributed by atoms with Crippen LogP contribution in [0.1, 0.15) is 38.2 Å². The summed E-state index contributed by atoms with van der Waals surface area (Å²) in [5.74, 6) is 0.0720. The maximum atomic E-state index is 12.5. The molecule has 0 atom stereocenters. The summed E-state index contributed by atoms with van der Waals surface area (Å²) in [4.78, 5) is 12.5. The van der Waals surface area contributed by atoms with Crippen molar-refractivity contribution in [3.05, 3.63) is 45.7 Å². The van der Waals surface area contributed by atoms with Crippen LogP contribution in [0.5, 0.6) is 0 Å². The summed E-state index contributed by atoms with van der Waals surface area (Å²) in [7, 11) is -3.60. The van der Waals surface area contributed by atoms with Gasteiger partial charge in [0.25, 0.3) is 10.0 Å². The molecule has 0 unspecified atom stereocenters. The van der Waals surface area contributed by atoms with Gasteiger partial charge in [0.2, 0.25) is 5.91 Å². The topological polar surface area (TPSA) is 75.3 Å². The molecular formula is C18H21BrN2O3S2. The third-order valence-electron chi connectivity index (χ3n) is 4.50. The Labute approximate surface area is 166 Å². The van der Waals surface area contributed by atoms with Gasteiger partial charge in [-0.15, -0.1) is 11.3 Å². The molecule has 2 N–H and O–H groups in total. The summed E-state index contributed by atoms with van der Waals surface area (Å²) >= 11 is 4.43. The minimum Gasteiger partial charge on any atom is -0.355 e. The highest BCUT2D eigenvalue weighted by molar-refractivity contribution is 9.11. The first kappa shape index (κ1) is 19.4. The molecule has 1 aromatic heterocycles. The van der Waals surface area contributed by atoms with Crippen LogP contribution in [0, 0.1) is 0 Å². The van der Waals surface area contributed by atoms with E-state index in [0.29, 0.717) is 12.2 Å². The molecule has 0 bridgehead atoms. The molecule has 0 aliphatic heterocycles. The minimum absolute atomic E-state index is 0.0720. The van der Waals surface area contributed by atoms with Gasteiger partial charge in [-0.25, -0.2) is 8.42 Å². The maximum Gasteiger partial charge on any atom is 0.271 e. The van der Waals surface area contributed by atoms with Crippen LogP contribution < -0.4 is 10.0 Å². The van der Waals surface area contributed by atoms with Gasteiger partial charge in [-0.3, -0.25) is 9.52 Å². The molecule has 140 valence electrons. The summed E-state index contributed by atoms with van der Waals surface area (Å²) in [6.07, 6.45) is 3.68. The van der Waals surface area contributed by atoms with Crippen LogP contribution >= 0.6 is 27.3 Å². The standard InChI is InChI=1S/C18H21BrN2O3S2/c1-2-3-12-20-17(22)18(10-11-18)13-4-6-14(7-5-13)21-26(23,24)16-9-8-15(19)25-16/h4-9,21H,2-3,10-12H2,1H3,(H,20,22). The summed E-state index contributed by atoms with van der Waals surface area (Å²) in [5.41, 5.74) is 0.984. The van der Waals surface area contributed by atoms with Crippen molar-refractivity contribution in [2.75, 3.05) is 11.3 Å². The van der Waals surface area contributed by atoms with Gasteiger partial charge < -0.3 is 5.32 Å². The summed E-state index contributed by atoms with van der Waals surface area (Å²) in [5, 5.41) is 3.01. The quantitative estimate of drug-likeness (QED) is 0.582. The molecule has 1 aromatic carbocycles.